The highest BCUT2D eigenvalue weighted by Crippen LogP contribution is 2.32. The molecular formula is C14H7F3O3. The van der Waals surface area contributed by atoms with E-state index in [1.54, 1.807) is 0 Å². The highest BCUT2D eigenvalue weighted by molar-refractivity contribution is 5.93. The molecule has 0 bridgehead atoms. The Morgan fingerprint density at radius 2 is 1.80 bits per heavy atom. The van der Waals surface area contributed by atoms with Crippen LogP contribution in [0.1, 0.15) is 5.56 Å². The van der Waals surface area contributed by atoms with Crippen LogP contribution in [0.5, 0.6) is 5.75 Å². The minimum Gasteiger partial charge on any atom is -0.507 e. The van der Waals surface area contributed by atoms with E-state index in [-0.39, 0.29) is 27.7 Å². The number of hydrogen-bond donors (Lipinski definition) is 1. The molecule has 0 aliphatic heterocycles. The van der Waals surface area contributed by atoms with Crippen LogP contribution in [0, 0.1) is 0 Å². The van der Waals surface area contributed by atoms with Crippen LogP contribution >= 0.6 is 0 Å². The lowest BCUT2D eigenvalue weighted by Crippen LogP contribution is -2.07. The molecule has 20 heavy (non-hydrogen) atoms. The molecule has 3 aromatic rings. The van der Waals surface area contributed by atoms with E-state index < -0.39 is 17.2 Å². The molecule has 0 fully saturated rings. The first-order valence-corrected chi connectivity index (χ1v) is 5.63. The Kier molecular flexibility index (Phi) is 2.50. The molecule has 2 aromatic carbocycles. The second kappa shape index (κ2) is 4.00. The van der Waals surface area contributed by atoms with E-state index in [9.17, 15) is 23.1 Å². The normalized spacial score (nSPS) is 12.2. The molecule has 0 saturated heterocycles. The third-order valence-electron chi connectivity index (χ3n) is 3.00. The van der Waals surface area contributed by atoms with Gasteiger partial charge in [0.1, 0.15) is 22.3 Å². The lowest BCUT2D eigenvalue weighted by molar-refractivity contribution is -0.137. The molecule has 1 aromatic heterocycles. The fourth-order valence-corrected chi connectivity index (χ4v) is 2.06. The molecule has 0 spiro atoms. The standard InChI is InChI=1S/C14H7F3O3/c15-14(16,17)7-4-5-8-11(6-7)20-10-3-1-2-9(18)12(10)13(8)19/h1-6,18H. The summed E-state index contributed by atoms with van der Waals surface area (Å²) >= 11 is 0. The van der Waals surface area contributed by atoms with Crippen molar-refractivity contribution >= 4 is 21.9 Å². The summed E-state index contributed by atoms with van der Waals surface area (Å²) in [5.41, 5.74) is -1.58. The predicted octanol–water partition coefficient (Wildman–Crippen LogP) is 3.67. The lowest BCUT2D eigenvalue weighted by atomic mass is 10.1. The molecule has 1 N–H and O–H groups in total. The van der Waals surface area contributed by atoms with Gasteiger partial charge in [0.25, 0.3) is 0 Å². The molecule has 0 amide bonds. The molecule has 0 unspecified atom stereocenters. The van der Waals surface area contributed by atoms with Crippen LogP contribution in [0.4, 0.5) is 13.2 Å². The van der Waals surface area contributed by atoms with Crippen LogP contribution in [0.25, 0.3) is 21.9 Å². The van der Waals surface area contributed by atoms with Crippen molar-refractivity contribution in [3.05, 3.63) is 52.2 Å². The SMILES string of the molecule is O=c1c2ccc(C(F)(F)F)cc2oc2cccc(O)c12. The van der Waals surface area contributed by atoms with Crippen molar-refractivity contribution < 1.29 is 22.7 Å². The summed E-state index contributed by atoms with van der Waals surface area (Å²) in [5, 5.41) is 9.61. The average Bonchev–Trinajstić information content (AvgIpc) is 2.37. The van der Waals surface area contributed by atoms with Crippen LogP contribution in [-0.2, 0) is 6.18 Å². The van der Waals surface area contributed by atoms with E-state index in [1.165, 1.54) is 18.2 Å². The maximum atomic E-state index is 12.6. The van der Waals surface area contributed by atoms with Crippen LogP contribution in [0.15, 0.2) is 45.6 Å². The molecule has 102 valence electrons. The summed E-state index contributed by atoms with van der Waals surface area (Å²) in [6.45, 7) is 0. The van der Waals surface area contributed by atoms with Gasteiger partial charge in [-0.25, -0.2) is 0 Å². The second-order valence-corrected chi connectivity index (χ2v) is 4.29. The number of phenolic OH excluding ortho intramolecular Hbond substituents is 1. The third kappa shape index (κ3) is 1.80. The molecule has 0 atom stereocenters. The van der Waals surface area contributed by atoms with E-state index in [4.69, 9.17) is 4.42 Å². The Balaban J connectivity index is 2.45. The van der Waals surface area contributed by atoms with Gasteiger partial charge in [-0.05, 0) is 30.3 Å². The van der Waals surface area contributed by atoms with E-state index in [0.717, 1.165) is 18.2 Å². The van der Waals surface area contributed by atoms with Crippen molar-refractivity contribution in [2.75, 3.05) is 0 Å². The number of benzene rings is 2. The van der Waals surface area contributed by atoms with Gasteiger partial charge in [-0.3, -0.25) is 4.79 Å². The number of halogens is 3. The fourth-order valence-electron chi connectivity index (χ4n) is 2.06. The molecule has 1 heterocycles. The lowest BCUT2D eigenvalue weighted by Gasteiger charge is -2.08. The summed E-state index contributed by atoms with van der Waals surface area (Å²) in [6.07, 6.45) is -4.51. The maximum Gasteiger partial charge on any atom is 0.416 e. The Labute approximate surface area is 109 Å². The topological polar surface area (TPSA) is 50.4 Å². The fraction of sp³-hybridized carbons (Fsp3) is 0.0714. The van der Waals surface area contributed by atoms with E-state index >= 15 is 0 Å². The van der Waals surface area contributed by atoms with Gasteiger partial charge in [-0.2, -0.15) is 13.2 Å². The van der Waals surface area contributed by atoms with Crippen LogP contribution in [-0.4, -0.2) is 5.11 Å². The first kappa shape index (κ1) is 12.5. The maximum absolute atomic E-state index is 12.6. The first-order valence-electron chi connectivity index (χ1n) is 5.63. The highest BCUT2D eigenvalue weighted by Gasteiger charge is 2.31. The van der Waals surface area contributed by atoms with Crippen molar-refractivity contribution in [2.45, 2.75) is 6.18 Å². The molecule has 0 aliphatic carbocycles. The van der Waals surface area contributed by atoms with Crippen LogP contribution in [0.2, 0.25) is 0 Å². The number of rotatable bonds is 0. The number of phenols is 1. The molecule has 0 saturated carbocycles. The van der Waals surface area contributed by atoms with Gasteiger partial charge in [0, 0.05) is 0 Å². The summed E-state index contributed by atoms with van der Waals surface area (Å²) in [7, 11) is 0. The van der Waals surface area contributed by atoms with Crippen molar-refractivity contribution in [3.8, 4) is 5.75 Å². The monoisotopic (exact) mass is 280 g/mol. The van der Waals surface area contributed by atoms with Gasteiger partial charge < -0.3 is 9.52 Å². The first-order chi connectivity index (χ1) is 9.38. The largest absolute Gasteiger partial charge is 0.507 e. The van der Waals surface area contributed by atoms with E-state index in [0.29, 0.717) is 0 Å². The third-order valence-corrected chi connectivity index (χ3v) is 3.00. The van der Waals surface area contributed by atoms with E-state index in [2.05, 4.69) is 0 Å². The number of aromatic hydroxyl groups is 1. The van der Waals surface area contributed by atoms with Crippen molar-refractivity contribution in [2.24, 2.45) is 0 Å². The average molecular weight is 280 g/mol. The zero-order chi connectivity index (χ0) is 14.5. The van der Waals surface area contributed by atoms with Gasteiger partial charge in [-0.15, -0.1) is 0 Å². The second-order valence-electron chi connectivity index (χ2n) is 4.29. The number of alkyl halides is 3. The number of hydrogen-bond acceptors (Lipinski definition) is 3. The van der Waals surface area contributed by atoms with Crippen LogP contribution in [0.3, 0.4) is 0 Å². The molecule has 0 aliphatic rings. The Hall–Kier alpha value is -2.50. The predicted molar refractivity (Wildman–Crippen MR) is 66.7 cm³/mol. The molecule has 3 nitrogen and oxygen atoms in total. The molecule has 6 heteroatoms. The van der Waals surface area contributed by atoms with E-state index in [1.807, 2.05) is 0 Å². The van der Waals surface area contributed by atoms with Gasteiger partial charge in [0.15, 0.2) is 0 Å². The summed E-state index contributed by atoms with van der Waals surface area (Å²) in [5.74, 6) is -0.266. The quantitative estimate of drug-likeness (QED) is 0.639. The minimum atomic E-state index is -4.51. The zero-order valence-corrected chi connectivity index (χ0v) is 9.86. The highest BCUT2D eigenvalue weighted by atomic mass is 19.4. The van der Waals surface area contributed by atoms with Gasteiger partial charge in [0.2, 0.25) is 5.43 Å². The molecular weight excluding hydrogens is 273 g/mol. The zero-order valence-electron chi connectivity index (χ0n) is 9.86. The minimum absolute atomic E-state index is 0.00741. The summed E-state index contributed by atoms with van der Waals surface area (Å²) < 4.78 is 43.2. The van der Waals surface area contributed by atoms with Gasteiger partial charge >= 0.3 is 6.18 Å². The summed E-state index contributed by atoms with van der Waals surface area (Å²) in [6, 6.07) is 6.81. The van der Waals surface area contributed by atoms with Crippen molar-refractivity contribution in [3.63, 3.8) is 0 Å². The van der Waals surface area contributed by atoms with Crippen molar-refractivity contribution in [1.82, 2.24) is 0 Å². The van der Waals surface area contributed by atoms with Gasteiger partial charge in [0.05, 0.1) is 10.9 Å². The molecule has 3 rings (SSSR count). The smallest absolute Gasteiger partial charge is 0.416 e. The van der Waals surface area contributed by atoms with Crippen molar-refractivity contribution in [1.29, 1.82) is 0 Å². The summed E-state index contributed by atoms with van der Waals surface area (Å²) in [4.78, 5) is 12.2. The Morgan fingerprint density at radius 3 is 2.50 bits per heavy atom. The van der Waals surface area contributed by atoms with Gasteiger partial charge in [-0.1, -0.05) is 6.07 Å². The Bertz CT molecular complexity index is 878. The molecule has 0 radical (unpaired) electrons. The van der Waals surface area contributed by atoms with Crippen LogP contribution < -0.4 is 5.43 Å². The Morgan fingerprint density at radius 1 is 1.05 bits per heavy atom. The number of fused-ring (bicyclic) bond motifs is 2.